The SMILES string of the molecule is COc1cccc(Cn2c(C(=O)O)c(-c3ccc(C(C)(C)C)cc3)c3cc(C(=O)C4CC4)ccc32)c1. The third-order valence-corrected chi connectivity index (χ3v) is 7.01. The number of aromatic nitrogens is 1. The van der Waals surface area contributed by atoms with Crippen LogP contribution < -0.4 is 4.74 Å². The number of methoxy groups -OCH3 is 1. The minimum atomic E-state index is -1.00. The third kappa shape index (κ3) is 4.41. The smallest absolute Gasteiger partial charge is 0.353 e. The number of benzene rings is 3. The largest absolute Gasteiger partial charge is 0.497 e. The lowest BCUT2D eigenvalue weighted by atomic mass is 9.86. The summed E-state index contributed by atoms with van der Waals surface area (Å²) in [5, 5.41) is 11.2. The van der Waals surface area contributed by atoms with E-state index in [0.717, 1.165) is 40.6 Å². The standard InChI is InChI=1S/C31H31NO4/c1-31(2,3)23-13-10-20(11-14-23)27-25-17-22(29(33)21-8-9-21)12-15-26(25)32(28(27)30(34)35)18-19-6-5-7-24(16-19)36-4/h5-7,10-17,21H,8-9,18H2,1-4H3,(H,34,35). The van der Waals surface area contributed by atoms with Crippen molar-refractivity contribution in [3.05, 3.63) is 89.1 Å². The van der Waals surface area contributed by atoms with E-state index < -0.39 is 5.97 Å². The molecular weight excluding hydrogens is 450 g/mol. The van der Waals surface area contributed by atoms with Crippen LogP contribution >= 0.6 is 0 Å². The molecule has 1 aliphatic carbocycles. The molecule has 1 aromatic heterocycles. The van der Waals surface area contributed by atoms with E-state index in [-0.39, 0.29) is 22.8 Å². The summed E-state index contributed by atoms with van der Waals surface area (Å²) in [4.78, 5) is 25.7. The van der Waals surface area contributed by atoms with Gasteiger partial charge in [0.15, 0.2) is 5.78 Å². The Balaban J connectivity index is 1.74. The Morgan fingerprint density at radius 2 is 1.72 bits per heavy atom. The highest BCUT2D eigenvalue weighted by Crippen LogP contribution is 2.39. The number of ketones is 1. The van der Waals surface area contributed by atoms with Gasteiger partial charge >= 0.3 is 5.97 Å². The van der Waals surface area contributed by atoms with Crippen molar-refractivity contribution < 1.29 is 19.4 Å². The Bertz CT molecular complexity index is 1470. The number of fused-ring (bicyclic) bond motifs is 1. The summed E-state index contributed by atoms with van der Waals surface area (Å²) in [5.74, 6) is -0.0478. The molecule has 0 aliphatic heterocycles. The number of nitrogens with zero attached hydrogens (tertiary/aromatic N) is 1. The maximum Gasteiger partial charge on any atom is 0.353 e. The second kappa shape index (κ2) is 8.98. The average molecular weight is 482 g/mol. The molecule has 1 saturated carbocycles. The van der Waals surface area contributed by atoms with Crippen molar-refractivity contribution in [2.45, 2.75) is 45.6 Å². The van der Waals surface area contributed by atoms with Crippen LogP contribution in [-0.4, -0.2) is 28.5 Å². The number of aromatic carboxylic acids is 1. The number of Topliss-reactive ketones (excluding diaryl/α,β-unsaturated/α-hetero) is 1. The van der Waals surface area contributed by atoms with Gasteiger partial charge in [0.05, 0.1) is 7.11 Å². The number of carboxylic acids is 1. The van der Waals surface area contributed by atoms with E-state index in [1.807, 2.05) is 59.2 Å². The molecule has 1 aliphatic rings. The monoisotopic (exact) mass is 481 g/mol. The zero-order valence-corrected chi connectivity index (χ0v) is 21.2. The van der Waals surface area contributed by atoms with Crippen molar-refractivity contribution in [1.29, 1.82) is 0 Å². The summed E-state index contributed by atoms with van der Waals surface area (Å²) in [6.45, 7) is 6.83. The minimum Gasteiger partial charge on any atom is -0.497 e. The Morgan fingerprint density at radius 3 is 2.33 bits per heavy atom. The van der Waals surface area contributed by atoms with Gasteiger partial charge < -0.3 is 14.4 Å². The third-order valence-electron chi connectivity index (χ3n) is 7.01. The fourth-order valence-corrected chi connectivity index (χ4v) is 4.86. The first-order valence-electron chi connectivity index (χ1n) is 12.3. The molecule has 0 bridgehead atoms. The minimum absolute atomic E-state index is 0.0155. The van der Waals surface area contributed by atoms with Crippen LogP contribution in [0.3, 0.4) is 0 Å². The molecule has 0 atom stereocenters. The summed E-state index contributed by atoms with van der Waals surface area (Å²) in [6.07, 6.45) is 1.85. The first-order valence-corrected chi connectivity index (χ1v) is 12.3. The van der Waals surface area contributed by atoms with Crippen LogP contribution in [0.2, 0.25) is 0 Å². The number of hydrogen-bond acceptors (Lipinski definition) is 3. The normalized spacial score (nSPS) is 13.7. The first-order chi connectivity index (χ1) is 17.2. The van der Waals surface area contributed by atoms with Crippen LogP contribution in [0.4, 0.5) is 0 Å². The Kier molecular flexibility index (Phi) is 5.95. The lowest BCUT2D eigenvalue weighted by Crippen LogP contribution is -2.11. The predicted molar refractivity (Wildman–Crippen MR) is 142 cm³/mol. The molecule has 0 unspecified atom stereocenters. The molecule has 184 valence electrons. The number of carboxylic acid groups (broad SMARTS) is 1. The van der Waals surface area contributed by atoms with Crippen LogP contribution in [-0.2, 0) is 12.0 Å². The molecule has 5 nitrogen and oxygen atoms in total. The van der Waals surface area contributed by atoms with Crippen molar-refractivity contribution in [3.8, 4) is 16.9 Å². The van der Waals surface area contributed by atoms with Gasteiger partial charge in [0.2, 0.25) is 0 Å². The highest BCUT2D eigenvalue weighted by atomic mass is 16.5. The van der Waals surface area contributed by atoms with Crippen LogP contribution in [0.25, 0.3) is 22.0 Å². The molecule has 5 rings (SSSR count). The number of ether oxygens (including phenoxy) is 1. The van der Waals surface area contributed by atoms with Crippen molar-refractivity contribution in [3.63, 3.8) is 0 Å². The molecule has 1 N–H and O–H groups in total. The zero-order chi connectivity index (χ0) is 25.6. The topological polar surface area (TPSA) is 68.5 Å². The van der Waals surface area contributed by atoms with E-state index >= 15 is 0 Å². The fraction of sp³-hybridized carbons (Fsp3) is 0.290. The molecular formula is C31H31NO4. The number of carbonyl (C=O) groups excluding carboxylic acids is 1. The van der Waals surface area contributed by atoms with Gasteiger partial charge in [-0.2, -0.15) is 0 Å². The summed E-state index contributed by atoms with van der Waals surface area (Å²) in [6, 6.07) is 21.4. The highest BCUT2D eigenvalue weighted by molar-refractivity contribution is 6.11. The summed E-state index contributed by atoms with van der Waals surface area (Å²) in [5.41, 5.74) is 5.21. The second-order valence-electron chi connectivity index (χ2n) is 10.7. The molecule has 1 fully saturated rings. The van der Waals surface area contributed by atoms with Gasteiger partial charge in [-0.15, -0.1) is 0 Å². The molecule has 0 spiro atoms. The predicted octanol–water partition coefficient (Wildman–Crippen LogP) is 6.95. The van der Waals surface area contributed by atoms with E-state index in [0.29, 0.717) is 17.7 Å². The zero-order valence-electron chi connectivity index (χ0n) is 21.2. The van der Waals surface area contributed by atoms with E-state index in [2.05, 4.69) is 32.9 Å². The van der Waals surface area contributed by atoms with Gasteiger partial charge in [0.25, 0.3) is 0 Å². The average Bonchev–Trinajstić information content (AvgIpc) is 3.66. The van der Waals surface area contributed by atoms with E-state index in [1.54, 1.807) is 7.11 Å². The maximum atomic E-state index is 12.9. The van der Waals surface area contributed by atoms with Crippen LogP contribution in [0.5, 0.6) is 5.75 Å². The van der Waals surface area contributed by atoms with E-state index in [9.17, 15) is 14.7 Å². The van der Waals surface area contributed by atoms with Gasteiger partial charge in [-0.1, -0.05) is 57.2 Å². The second-order valence-corrected chi connectivity index (χ2v) is 10.7. The van der Waals surface area contributed by atoms with Crippen LogP contribution in [0, 0.1) is 5.92 Å². The maximum absolute atomic E-state index is 12.9. The Morgan fingerprint density at radius 1 is 1.00 bits per heavy atom. The fourth-order valence-electron chi connectivity index (χ4n) is 4.86. The van der Waals surface area contributed by atoms with Crippen molar-refractivity contribution in [2.24, 2.45) is 5.92 Å². The van der Waals surface area contributed by atoms with Gasteiger partial charge in [0, 0.05) is 34.5 Å². The lowest BCUT2D eigenvalue weighted by molar-refractivity contribution is 0.0687. The van der Waals surface area contributed by atoms with E-state index in [1.165, 1.54) is 5.56 Å². The number of hydrogen-bond donors (Lipinski definition) is 1. The number of carbonyl (C=O) groups is 2. The molecule has 36 heavy (non-hydrogen) atoms. The van der Waals surface area contributed by atoms with Crippen LogP contribution in [0.15, 0.2) is 66.7 Å². The Labute approximate surface area is 211 Å². The number of rotatable bonds is 7. The van der Waals surface area contributed by atoms with Crippen molar-refractivity contribution in [1.82, 2.24) is 4.57 Å². The van der Waals surface area contributed by atoms with Crippen molar-refractivity contribution >= 4 is 22.7 Å². The molecule has 0 amide bonds. The lowest BCUT2D eigenvalue weighted by Gasteiger charge is -2.19. The van der Waals surface area contributed by atoms with Crippen molar-refractivity contribution in [2.75, 3.05) is 7.11 Å². The molecule has 1 heterocycles. The molecule has 4 aromatic rings. The summed E-state index contributed by atoms with van der Waals surface area (Å²) in [7, 11) is 1.62. The van der Waals surface area contributed by atoms with E-state index in [4.69, 9.17) is 4.74 Å². The van der Waals surface area contributed by atoms with Gasteiger partial charge in [-0.05, 0) is 65.3 Å². The van der Waals surface area contributed by atoms with Gasteiger partial charge in [0.1, 0.15) is 11.4 Å². The molecule has 0 saturated heterocycles. The quantitative estimate of drug-likeness (QED) is 0.290. The van der Waals surface area contributed by atoms with Gasteiger partial charge in [-0.25, -0.2) is 4.79 Å². The highest BCUT2D eigenvalue weighted by Gasteiger charge is 2.31. The Hall–Kier alpha value is -3.86. The van der Waals surface area contributed by atoms with Gasteiger partial charge in [-0.3, -0.25) is 4.79 Å². The molecule has 3 aromatic carbocycles. The molecule has 5 heteroatoms. The summed E-state index contributed by atoms with van der Waals surface area (Å²) >= 11 is 0. The van der Waals surface area contributed by atoms with Crippen LogP contribution in [0.1, 0.15) is 65.6 Å². The molecule has 0 radical (unpaired) electrons. The first kappa shape index (κ1) is 23.9. The summed E-state index contributed by atoms with van der Waals surface area (Å²) < 4.78 is 7.22.